The van der Waals surface area contributed by atoms with Crippen molar-refractivity contribution in [3.63, 3.8) is 0 Å². The molecule has 0 saturated carbocycles. The molecule has 1 aliphatic heterocycles. The number of aromatic nitrogens is 3. The number of amides is 1. The quantitative estimate of drug-likeness (QED) is 0.734. The number of ether oxygens (including phenoxy) is 1. The van der Waals surface area contributed by atoms with E-state index in [-0.39, 0.29) is 42.2 Å². The average molecular weight is 432 g/mol. The van der Waals surface area contributed by atoms with Gasteiger partial charge in [-0.2, -0.15) is 5.10 Å². The molecule has 3 heterocycles. The van der Waals surface area contributed by atoms with Gasteiger partial charge in [-0.05, 0) is 52.8 Å². The SMILES string of the molecule is COCC1(CNC(=O)c2cc(C)nc3c2cnn3C(C)C)CCNCC1.Cl.Cl. The number of carbonyl (C=O) groups excluding carboxylic acids is 1. The molecule has 158 valence electrons. The Bertz CT molecular complexity index is 782. The van der Waals surface area contributed by atoms with Gasteiger partial charge in [0.25, 0.3) is 5.91 Å². The Morgan fingerprint density at radius 3 is 2.64 bits per heavy atom. The number of aryl methyl sites for hydroxylation is 1. The number of halogens is 2. The number of rotatable bonds is 6. The van der Waals surface area contributed by atoms with Crippen LogP contribution in [0.4, 0.5) is 0 Å². The van der Waals surface area contributed by atoms with Crippen LogP contribution in [0.3, 0.4) is 0 Å². The summed E-state index contributed by atoms with van der Waals surface area (Å²) in [5.41, 5.74) is 2.22. The highest BCUT2D eigenvalue weighted by atomic mass is 35.5. The minimum absolute atomic E-state index is 0. The van der Waals surface area contributed by atoms with Crippen molar-refractivity contribution in [2.75, 3.05) is 33.4 Å². The fourth-order valence-electron chi connectivity index (χ4n) is 3.71. The van der Waals surface area contributed by atoms with Crippen LogP contribution in [-0.2, 0) is 4.74 Å². The number of pyridine rings is 1. The van der Waals surface area contributed by atoms with E-state index in [2.05, 4.69) is 34.6 Å². The summed E-state index contributed by atoms with van der Waals surface area (Å²) in [5, 5.41) is 11.7. The Morgan fingerprint density at radius 2 is 2.04 bits per heavy atom. The highest BCUT2D eigenvalue weighted by molar-refractivity contribution is 6.05. The van der Waals surface area contributed by atoms with Gasteiger partial charge in [0.1, 0.15) is 0 Å². The van der Waals surface area contributed by atoms with Crippen molar-refractivity contribution >= 4 is 41.8 Å². The molecule has 28 heavy (non-hydrogen) atoms. The van der Waals surface area contributed by atoms with Gasteiger partial charge < -0.3 is 15.4 Å². The third kappa shape index (κ3) is 5.14. The number of nitrogens with zero attached hydrogens (tertiary/aromatic N) is 3. The van der Waals surface area contributed by atoms with Crippen LogP contribution >= 0.6 is 24.8 Å². The van der Waals surface area contributed by atoms with Gasteiger partial charge in [0, 0.05) is 30.8 Å². The first-order valence-corrected chi connectivity index (χ1v) is 9.28. The minimum atomic E-state index is -0.0715. The van der Waals surface area contributed by atoms with Gasteiger partial charge in [-0.25, -0.2) is 9.67 Å². The molecule has 0 aromatic carbocycles. The molecule has 7 nitrogen and oxygen atoms in total. The van der Waals surface area contributed by atoms with Crippen LogP contribution in [0.1, 0.15) is 48.8 Å². The van der Waals surface area contributed by atoms with E-state index in [4.69, 9.17) is 4.74 Å². The molecule has 0 radical (unpaired) electrons. The van der Waals surface area contributed by atoms with E-state index in [9.17, 15) is 4.79 Å². The lowest BCUT2D eigenvalue weighted by molar-refractivity contribution is 0.0512. The largest absolute Gasteiger partial charge is 0.384 e. The second-order valence-electron chi connectivity index (χ2n) is 7.60. The van der Waals surface area contributed by atoms with Crippen molar-refractivity contribution in [1.29, 1.82) is 0 Å². The molecule has 0 bridgehead atoms. The monoisotopic (exact) mass is 431 g/mol. The van der Waals surface area contributed by atoms with Crippen LogP contribution in [0.15, 0.2) is 12.3 Å². The summed E-state index contributed by atoms with van der Waals surface area (Å²) < 4.78 is 7.30. The Labute approximate surface area is 178 Å². The molecular weight excluding hydrogens is 401 g/mol. The third-order valence-corrected chi connectivity index (χ3v) is 5.17. The van der Waals surface area contributed by atoms with Gasteiger partial charge in [-0.3, -0.25) is 4.79 Å². The lowest BCUT2D eigenvalue weighted by atomic mass is 9.79. The summed E-state index contributed by atoms with van der Waals surface area (Å²) in [6.07, 6.45) is 3.74. The molecule has 9 heteroatoms. The minimum Gasteiger partial charge on any atom is -0.384 e. The molecule has 1 aliphatic rings. The molecule has 2 aromatic heterocycles. The molecule has 1 amide bonds. The first-order chi connectivity index (χ1) is 12.5. The standard InChI is InChI=1S/C19H29N5O2.2ClH/c1-13(2)24-17-16(10-22-24)15(9-14(3)23-17)18(25)21-11-19(12-26-4)5-7-20-8-6-19;;/h9-10,13,20H,5-8,11-12H2,1-4H3,(H,21,25);2*1H. The molecule has 2 N–H and O–H groups in total. The van der Waals surface area contributed by atoms with Crippen LogP contribution in [0.2, 0.25) is 0 Å². The second kappa shape index (κ2) is 10.4. The normalized spacial score (nSPS) is 15.8. The van der Waals surface area contributed by atoms with Gasteiger partial charge in [0.2, 0.25) is 0 Å². The zero-order valence-electron chi connectivity index (χ0n) is 16.9. The number of carbonyl (C=O) groups is 1. The van der Waals surface area contributed by atoms with Crippen LogP contribution < -0.4 is 10.6 Å². The van der Waals surface area contributed by atoms with Crippen molar-refractivity contribution < 1.29 is 9.53 Å². The number of piperidine rings is 1. The zero-order valence-corrected chi connectivity index (χ0v) is 18.6. The second-order valence-corrected chi connectivity index (χ2v) is 7.60. The highest BCUT2D eigenvalue weighted by Gasteiger charge is 2.32. The van der Waals surface area contributed by atoms with Crippen LogP contribution in [-0.4, -0.2) is 54.0 Å². The van der Waals surface area contributed by atoms with Crippen molar-refractivity contribution in [3.05, 3.63) is 23.5 Å². The average Bonchev–Trinajstić information content (AvgIpc) is 3.04. The maximum atomic E-state index is 12.9. The maximum absolute atomic E-state index is 12.9. The van der Waals surface area contributed by atoms with E-state index in [1.807, 2.05) is 17.7 Å². The van der Waals surface area contributed by atoms with Gasteiger partial charge in [0.15, 0.2) is 5.65 Å². The van der Waals surface area contributed by atoms with E-state index in [0.29, 0.717) is 18.7 Å². The molecule has 0 aliphatic carbocycles. The van der Waals surface area contributed by atoms with Crippen molar-refractivity contribution in [3.8, 4) is 0 Å². The van der Waals surface area contributed by atoms with E-state index >= 15 is 0 Å². The van der Waals surface area contributed by atoms with Gasteiger partial charge in [0.05, 0.1) is 23.8 Å². The fourth-order valence-corrected chi connectivity index (χ4v) is 3.71. The predicted octanol–water partition coefficient (Wildman–Crippen LogP) is 2.91. The topological polar surface area (TPSA) is 81.1 Å². The van der Waals surface area contributed by atoms with Gasteiger partial charge in [-0.15, -0.1) is 24.8 Å². The molecule has 0 atom stereocenters. The number of nitrogens with one attached hydrogen (secondary N) is 2. The molecule has 1 fully saturated rings. The summed E-state index contributed by atoms with van der Waals surface area (Å²) >= 11 is 0. The van der Waals surface area contributed by atoms with E-state index < -0.39 is 0 Å². The molecule has 2 aromatic rings. The molecule has 1 saturated heterocycles. The van der Waals surface area contributed by atoms with Crippen LogP contribution in [0, 0.1) is 12.3 Å². The zero-order chi connectivity index (χ0) is 18.7. The Morgan fingerprint density at radius 1 is 1.36 bits per heavy atom. The van der Waals surface area contributed by atoms with Crippen molar-refractivity contribution in [1.82, 2.24) is 25.4 Å². The highest BCUT2D eigenvalue weighted by Crippen LogP contribution is 2.28. The Kier molecular flexibility index (Phi) is 9.14. The summed E-state index contributed by atoms with van der Waals surface area (Å²) in [6, 6.07) is 2.03. The number of hydrogen-bond acceptors (Lipinski definition) is 5. The van der Waals surface area contributed by atoms with E-state index in [1.54, 1.807) is 13.3 Å². The fraction of sp³-hybridized carbons (Fsp3) is 0.632. The summed E-state index contributed by atoms with van der Waals surface area (Å²) in [4.78, 5) is 17.5. The van der Waals surface area contributed by atoms with Gasteiger partial charge in [-0.1, -0.05) is 0 Å². The molecular formula is C19H31Cl2N5O2. The van der Waals surface area contributed by atoms with Crippen molar-refractivity contribution in [2.24, 2.45) is 5.41 Å². The van der Waals surface area contributed by atoms with Crippen LogP contribution in [0.5, 0.6) is 0 Å². The number of hydrogen-bond donors (Lipinski definition) is 2. The Hall–Kier alpha value is -1.41. The smallest absolute Gasteiger partial charge is 0.252 e. The maximum Gasteiger partial charge on any atom is 0.252 e. The summed E-state index contributed by atoms with van der Waals surface area (Å²) in [7, 11) is 1.72. The third-order valence-electron chi connectivity index (χ3n) is 5.17. The van der Waals surface area contributed by atoms with E-state index in [1.165, 1.54) is 0 Å². The number of methoxy groups -OCH3 is 1. The van der Waals surface area contributed by atoms with Crippen LogP contribution in [0.25, 0.3) is 11.0 Å². The predicted molar refractivity (Wildman–Crippen MR) is 116 cm³/mol. The lowest BCUT2D eigenvalue weighted by Gasteiger charge is -2.37. The first-order valence-electron chi connectivity index (χ1n) is 9.28. The first kappa shape index (κ1) is 24.6. The molecule has 0 unspecified atom stereocenters. The summed E-state index contributed by atoms with van der Waals surface area (Å²) in [5.74, 6) is -0.0715. The van der Waals surface area contributed by atoms with Gasteiger partial charge >= 0.3 is 0 Å². The Balaban J connectivity index is 0.00000196. The number of fused-ring (bicyclic) bond motifs is 1. The van der Waals surface area contributed by atoms with Crippen molar-refractivity contribution in [2.45, 2.75) is 39.7 Å². The molecule has 0 spiro atoms. The lowest BCUT2D eigenvalue weighted by Crippen LogP contribution is -2.47. The summed E-state index contributed by atoms with van der Waals surface area (Å²) in [6.45, 7) is 9.21. The molecule has 3 rings (SSSR count). The van der Waals surface area contributed by atoms with E-state index in [0.717, 1.165) is 42.7 Å².